The maximum Gasteiger partial charge on any atom is 0.186 e. The summed E-state index contributed by atoms with van der Waals surface area (Å²) in [6, 6.07) is 9.59. The highest BCUT2D eigenvalue weighted by Gasteiger charge is 2.11. The van der Waals surface area contributed by atoms with Crippen LogP contribution >= 0.6 is 24.4 Å². The van der Waals surface area contributed by atoms with Crippen molar-refractivity contribution < 1.29 is 0 Å². The number of benzene rings is 1. The van der Waals surface area contributed by atoms with Gasteiger partial charge in [-0.05, 0) is 31.4 Å². The van der Waals surface area contributed by atoms with E-state index in [2.05, 4.69) is 10.2 Å². The normalized spacial score (nSPS) is 12.0. The van der Waals surface area contributed by atoms with Crippen LogP contribution in [0, 0.1) is 0 Å². The summed E-state index contributed by atoms with van der Waals surface area (Å²) >= 11 is 9.78. The molecular weight excluding hydrogens is 304 g/mol. The van der Waals surface area contributed by atoms with Gasteiger partial charge in [-0.15, -0.1) is 0 Å². The Morgan fingerprint density at radius 1 is 0.952 bits per heavy atom. The standard InChI is InChI=1S/C13H18N6S2/c1-9(16-18(2)12(14)20)11(17-19(3)13(15)21)10-7-5-4-6-8-10/h4-8H,1-3H3,(H2,14,20)(H2,15,21). The van der Waals surface area contributed by atoms with E-state index in [4.69, 9.17) is 35.9 Å². The van der Waals surface area contributed by atoms with E-state index in [0.29, 0.717) is 11.4 Å². The molecule has 0 aliphatic heterocycles. The van der Waals surface area contributed by atoms with E-state index >= 15 is 0 Å². The number of hydrogen-bond donors (Lipinski definition) is 2. The van der Waals surface area contributed by atoms with Crippen LogP contribution in [0.1, 0.15) is 12.5 Å². The highest BCUT2D eigenvalue weighted by Crippen LogP contribution is 2.05. The zero-order chi connectivity index (χ0) is 16.0. The molecule has 1 aromatic rings. The van der Waals surface area contributed by atoms with Crippen molar-refractivity contribution in [2.45, 2.75) is 6.92 Å². The Balaban J connectivity index is 3.26. The Morgan fingerprint density at radius 3 is 1.90 bits per heavy atom. The third-order valence-electron chi connectivity index (χ3n) is 2.58. The first-order valence-corrected chi connectivity index (χ1v) is 6.90. The van der Waals surface area contributed by atoms with Crippen LogP contribution in [0.3, 0.4) is 0 Å². The largest absolute Gasteiger partial charge is 0.375 e. The summed E-state index contributed by atoms with van der Waals surface area (Å²) in [7, 11) is 3.35. The minimum atomic E-state index is 0.166. The summed E-state index contributed by atoms with van der Waals surface area (Å²) in [6.45, 7) is 1.81. The highest BCUT2D eigenvalue weighted by atomic mass is 32.1. The molecule has 0 atom stereocenters. The molecule has 0 unspecified atom stereocenters. The summed E-state index contributed by atoms with van der Waals surface area (Å²) in [4.78, 5) is 0. The van der Waals surface area contributed by atoms with Gasteiger partial charge in [-0.25, -0.2) is 10.0 Å². The van der Waals surface area contributed by atoms with Crippen molar-refractivity contribution in [1.29, 1.82) is 0 Å². The van der Waals surface area contributed by atoms with Gasteiger partial charge in [0.15, 0.2) is 10.2 Å². The molecule has 8 heteroatoms. The second kappa shape index (κ2) is 7.65. The van der Waals surface area contributed by atoms with Gasteiger partial charge >= 0.3 is 0 Å². The lowest BCUT2D eigenvalue weighted by Gasteiger charge is -2.16. The molecule has 0 aliphatic rings. The van der Waals surface area contributed by atoms with Gasteiger partial charge in [0.2, 0.25) is 0 Å². The molecule has 0 saturated heterocycles. The Labute approximate surface area is 135 Å². The summed E-state index contributed by atoms with van der Waals surface area (Å²) in [5.41, 5.74) is 13.3. The zero-order valence-electron chi connectivity index (χ0n) is 12.1. The molecule has 0 spiro atoms. The lowest BCUT2D eigenvalue weighted by Crippen LogP contribution is -2.32. The molecule has 112 valence electrons. The van der Waals surface area contributed by atoms with Crippen molar-refractivity contribution in [3.8, 4) is 0 Å². The van der Waals surface area contributed by atoms with Crippen LogP contribution in [0.5, 0.6) is 0 Å². The fourth-order valence-corrected chi connectivity index (χ4v) is 1.54. The monoisotopic (exact) mass is 322 g/mol. The number of thiocarbonyl (C=S) groups is 2. The quantitative estimate of drug-likeness (QED) is 0.491. The zero-order valence-corrected chi connectivity index (χ0v) is 13.8. The molecule has 0 saturated carbocycles. The third-order valence-corrected chi connectivity index (χ3v) is 3.11. The Bertz CT molecular complexity index is 582. The first-order valence-electron chi connectivity index (χ1n) is 6.09. The maximum absolute atomic E-state index is 5.57. The molecule has 21 heavy (non-hydrogen) atoms. The van der Waals surface area contributed by atoms with Crippen molar-refractivity contribution in [1.82, 2.24) is 10.0 Å². The summed E-state index contributed by atoms with van der Waals surface area (Å²) in [5, 5.41) is 11.9. The van der Waals surface area contributed by atoms with Crippen LogP contribution in [0.25, 0.3) is 0 Å². The number of nitrogens with two attached hydrogens (primary N) is 2. The smallest absolute Gasteiger partial charge is 0.186 e. The SMILES string of the molecule is CC(=NN(C)C(N)=S)C(=NN(C)C(N)=S)c1ccccc1. The van der Waals surface area contributed by atoms with E-state index in [9.17, 15) is 0 Å². The minimum absolute atomic E-state index is 0.166. The van der Waals surface area contributed by atoms with E-state index in [1.54, 1.807) is 14.1 Å². The molecule has 0 fully saturated rings. The summed E-state index contributed by atoms with van der Waals surface area (Å²) in [6.07, 6.45) is 0. The van der Waals surface area contributed by atoms with Crippen molar-refractivity contribution in [2.24, 2.45) is 21.7 Å². The molecule has 0 aliphatic carbocycles. The van der Waals surface area contributed by atoms with Crippen LogP contribution in [0.2, 0.25) is 0 Å². The van der Waals surface area contributed by atoms with Crippen LogP contribution < -0.4 is 11.5 Å². The fourth-order valence-electron chi connectivity index (χ4n) is 1.46. The fraction of sp³-hybridized carbons (Fsp3) is 0.231. The molecule has 4 N–H and O–H groups in total. The van der Waals surface area contributed by atoms with E-state index < -0.39 is 0 Å². The molecule has 1 rings (SSSR count). The second-order valence-electron chi connectivity index (χ2n) is 4.22. The van der Waals surface area contributed by atoms with E-state index in [-0.39, 0.29) is 10.2 Å². The predicted octanol–water partition coefficient (Wildman–Crippen LogP) is 1.12. The third kappa shape index (κ3) is 5.09. The van der Waals surface area contributed by atoms with Crippen LogP contribution in [-0.4, -0.2) is 45.8 Å². The van der Waals surface area contributed by atoms with Gasteiger partial charge in [0.05, 0.1) is 5.71 Å². The number of hydrazone groups is 2. The lowest BCUT2D eigenvalue weighted by molar-refractivity contribution is 0.543. The molecular formula is C13H18N6S2. The molecule has 6 nitrogen and oxygen atoms in total. The Morgan fingerprint density at radius 2 is 1.43 bits per heavy atom. The van der Waals surface area contributed by atoms with Gasteiger partial charge in [-0.3, -0.25) is 0 Å². The van der Waals surface area contributed by atoms with Crippen molar-refractivity contribution in [3.63, 3.8) is 0 Å². The van der Waals surface area contributed by atoms with Gasteiger partial charge < -0.3 is 11.5 Å². The molecule has 1 aromatic carbocycles. The van der Waals surface area contributed by atoms with E-state index in [1.165, 1.54) is 10.0 Å². The van der Waals surface area contributed by atoms with Crippen molar-refractivity contribution in [3.05, 3.63) is 35.9 Å². The summed E-state index contributed by atoms with van der Waals surface area (Å²) < 4.78 is 0. The molecule has 0 amide bonds. The van der Waals surface area contributed by atoms with Crippen LogP contribution in [0.15, 0.2) is 40.5 Å². The van der Waals surface area contributed by atoms with Crippen LogP contribution in [0.4, 0.5) is 0 Å². The topological polar surface area (TPSA) is 83.2 Å². The van der Waals surface area contributed by atoms with Gasteiger partial charge in [0.25, 0.3) is 0 Å². The number of nitrogens with zero attached hydrogens (tertiary/aromatic N) is 4. The van der Waals surface area contributed by atoms with Gasteiger partial charge in [0, 0.05) is 19.7 Å². The molecule has 0 bridgehead atoms. The predicted molar refractivity (Wildman–Crippen MR) is 95.2 cm³/mol. The average molecular weight is 322 g/mol. The maximum atomic E-state index is 5.57. The van der Waals surface area contributed by atoms with Gasteiger partial charge in [-0.1, -0.05) is 30.3 Å². The molecule has 0 aromatic heterocycles. The van der Waals surface area contributed by atoms with Gasteiger partial charge in [-0.2, -0.15) is 10.2 Å². The van der Waals surface area contributed by atoms with Gasteiger partial charge in [0.1, 0.15) is 5.71 Å². The van der Waals surface area contributed by atoms with E-state index in [0.717, 1.165) is 5.56 Å². The second-order valence-corrected chi connectivity index (χ2v) is 5.06. The number of rotatable bonds is 4. The van der Waals surface area contributed by atoms with Crippen molar-refractivity contribution >= 4 is 46.1 Å². The minimum Gasteiger partial charge on any atom is -0.375 e. The lowest BCUT2D eigenvalue weighted by atomic mass is 10.1. The highest BCUT2D eigenvalue weighted by molar-refractivity contribution is 7.80. The Hall–Kier alpha value is -2.06. The van der Waals surface area contributed by atoms with E-state index in [1.807, 2.05) is 37.3 Å². The number of hydrogen-bond acceptors (Lipinski definition) is 4. The summed E-state index contributed by atoms with van der Waals surface area (Å²) in [5.74, 6) is 0. The average Bonchev–Trinajstić information content (AvgIpc) is 2.44. The first kappa shape index (κ1) is 17.0. The van der Waals surface area contributed by atoms with Crippen LogP contribution in [-0.2, 0) is 0 Å². The Kier molecular flexibility index (Phi) is 6.19. The molecule has 0 radical (unpaired) electrons. The van der Waals surface area contributed by atoms with Crippen molar-refractivity contribution in [2.75, 3.05) is 14.1 Å². The molecule has 0 heterocycles. The first-order chi connectivity index (χ1) is 9.82.